The van der Waals surface area contributed by atoms with E-state index in [-0.39, 0.29) is 0 Å². The van der Waals surface area contributed by atoms with Gasteiger partial charge in [0.15, 0.2) is 0 Å². The zero-order valence-electron chi connectivity index (χ0n) is 7.80. The van der Waals surface area contributed by atoms with E-state index in [1.165, 1.54) is 0 Å². The molecule has 70 valence electrons. The summed E-state index contributed by atoms with van der Waals surface area (Å²) in [5.41, 5.74) is 0. The fourth-order valence-electron chi connectivity index (χ4n) is 1.22. The van der Waals surface area contributed by atoms with Gasteiger partial charge in [0.2, 0.25) is 6.33 Å². The Morgan fingerprint density at radius 3 is 3.21 bits per heavy atom. The Morgan fingerprint density at radius 2 is 2.50 bits per heavy atom. The van der Waals surface area contributed by atoms with Crippen LogP contribution in [0.2, 0.25) is 0 Å². The maximum absolute atomic E-state index is 4.21. The van der Waals surface area contributed by atoms with Crippen molar-refractivity contribution in [2.24, 2.45) is 0 Å². The van der Waals surface area contributed by atoms with Crippen LogP contribution in [0.25, 0.3) is 5.82 Å². The second-order valence-electron chi connectivity index (χ2n) is 2.90. The lowest BCUT2D eigenvalue weighted by molar-refractivity contribution is -0.690. The molecule has 0 spiro atoms. The quantitative estimate of drug-likeness (QED) is 0.399. The first kappa shape index (κ1) is 8.69. The number of allylic oxidation sites excluding steroid dienone is 1. The van der Waals surface area contributed by atoms with Gasteiger partial charge in [0.1, 0.15) is 5.82 Å². The Bertz CT molecular complexity index is 417. The van der Waals surface area contributed by atoms with Crippen LogP contribution in [-0.2, 0) is 6.54 Å². The van der Waals surface area contributed by atoms with Crippen LogP contribution in [0.3, 0.4) is 0 Å². The maximum Gasteiger partial charge on any atom is 0.244 e. The molecule has 3 nitrogen and oxygen atoms in total. The Kier molecular flexibility index (Phi) is 2.40. The third-order valence-corrected chi connectivity index (χ3v) is 1.85. The predicted octanol–water partition coefficient (Wildman–Crippen LogP) is 1.15. The van der Waals surface area contributed by atoms with Crippen LogP contribution < -0.4 is 4.57 Å². The van der Waals surface area contributed by atoms with E-state index < -0.39 is 0 Å². The van der Waals surface area contributed by atoms with Crippen molar-refractivity contribution in [3.05, 3.63) is 55.8 Å². The largest absolute Gasteiger partial charge is 0.316 e. The minimum absolute atomic E-state index is 0.764. The summed E-state index contributed by atoms with van der Waals surface area (Å²) < 4.78 is 3.77. The van der Waals surface area contributed by atoms with Gasteiger partial charge < -0.3 is 9.13 Å². The summed E-state index contributed by atoms with van der Waals surface area (Å²) in [6.45, 7) is 4.44. The van der Waals surface area contributed by atoms with E-state index in [0.717, 1.165) is 12.4 Å². The minimum Gasteiger partial charge on any atom is -0.316 e. The number of rotatable bonds is 3. The summed E-state index contributed by atoms with van der Waals surface area (Å²) in [5, 5.41) is 0. The summed E-state index contributed by atoms with van der Waals surface area (Å²) in [6, 6.07) is 5.79. The SMILES string of the molecule is C=CC[n+]1[c-]n(-c2ccccn2)cc1. The van der Waals surface area contributed by atoms with Crippen LogP contribution >= 0.6 is 0 Å². The molecule has 2 aromatic heterocycles. The van der Waals surface area contributed by atoms with Crippen LogP contribution in [0.4, 0.5) is 0 Å². The summed E-state index contributed by atoms with van der Waals surface area (Å²) in [5.74, 6) is 0.871. The van der Waals surface area contributed by atoms with Crippen molar-refractivity contribution in [3.63, 3.8) is 0 Å². The van der Waals surface area contributed by atoms with Gasteiger partial charge in [0, 0.05) is 18.6 Å². The van der Waals surface area contributed by atoms with Gasteiger partial charge in [-0.1, -0.05) is 18.7 Å². The highest BCUT2D eigenvalue weighted by atomic mass is 15.1. The van der Waals surface area contributed by atoms with E-state index in [1.807, 2.05) is 45.8 Å². The Labute approximate surface area is 83.0 Å². The molecule has 0 atom stereocenters. The Morgan fingerprint density at radius 1 is 1.57 bits per heavy atom. The third-order valence-electron chi connectivity index (χ3n) is 1.85. The molecular weight excluding hydrogens is 174 g/mol. The van der Waals surface area contributed by atoms with Gasteiger partial charge in [0.05, 0.1) is 6.54 Å². The molecule has 2 heterocycles. The smallest absolute Gasteiger partial charge is 0.244 e. The topological polar surface area (TPSA) is 21.7 Å². The highest BCUT2D eigenvalue weighted by Gasteiger charge is 1.97. The third kappa shape index (κ3) is 1.71. The second-order valence-corrected chi connectivity index (χ2v) is 2.90. The van der Waals surface area contributed by atoms with E-state index in [4.69, 9.17) is 0 Å². The average Bonchev–Trinajstić information content (AvgIpc) is 2.68. The number of hydrogen-bond acceptors (Lipinski definition) is 1. The van der Waals surface area contributed by atoms with Gasteiger partial charge in [-0.3, -0.25) is 4.98 Å². The van der Waals surface area contributed by atoms with Gasteiger partial charge in [-0.05, 0) is 12.1 Å². The maximum atomic E-state index is 4.21. The normalized spacial score (nSPS) is 10.0. The molecule has 0 radical (unpaired) electrons. The van der Waals surface area contributed by atoms with Crippen molar-refractivity contribution in [2.45, 2.75) is 6.54 Å². The summed E-state index contributed by atoms with van der Waals surface area (Å²) >= 11 is 0. The summed E-state index contributed by atoms with van der Waals surface area (Å²) in [4.78, 5) is 4.21. The number of aromatic nitrogens is 3. The molecule has 0 aliphatic heterocycles. The molecule has 0 saturated heterocycles. The molecular formula is C11H11N3. The molecule has 0 aliphatic carbocycles. The van der Waals surface area contributed by atoms with Crippen LogP contribution in [-0.4, -0.2) is 9.55 Å². The number of imidazole rings is 1. The summed E-state index contributed by atoms with van der Waals surface area (Å²) in [6.07, 6.45) is 10.6. The fraction of sp³-hybridized carbons (Fsp3) is 0.0909. The lowest BCUT2D eigenvalue weighted by Crippen LogP contribution is -2.30. The molecule has 0 fully saturated rings. The van der Waals surface area contributed by atoms with Gasteiger partial charge in [-0.2, -0.15) is 0 Å². The van der Waals surface area contributed by atoms with E-state index in [2.05, 4.69) is 17.9 Å². The first-order valence-electron chi connectivity index (χ1n) is 4.42. The van der Waals surface area contributed by atoms with Crippen molar-refractivity contribution in [2.75, 3.05) is 0 Å². The van der Waals surface area contributed by atoms with Crippen LogP contribution in [0.1, 0.15) is 0 Å². The number of hydrogen-bond donors (Lipinski definition) is 0. The van der Waals surface area contributed by atoms with E-state index >= 15 is 0 Å². The number of nitrogens with zero attached hydrogens (tertiary/aromatic N) is 3. The molecule has 0 N–H and O–H groups in total. The molecule has 2 rings (SSSR count). The predicted molar refractivity (Wildman–Crippen MR) is 52.8 cm³/mol. The van der Waals surface area contributed by atoms with Gasteiger partial charge >= 0.3 is 0 Å². The average molecular weight is 185 g/mol. The highest BCUT2D eigenvalue weighted by molar-refractivity contribution is 5.19. The van der Waals surface area contributed by atoms with Crippen molar-refractivity contribution < 1.29 is 4.57 Å². The van der Waals surface area contributed by atoms with Crippen molar-refractivity contribution in [3.8, 4) is 5.82 Å². The lowest BCUT2D eigenvalue weighted by Gasteiger charge is -1.98. The summed E-state index contributed by atoms with van der Waals surface area (Å²) in [7, 11) is 0. The molecule has 2 aromatic rings. The molecule has 0 aromatic carbocycles. The first-order valence-corrected chi connectivity index (χ1v) is 4.42. The molecule has 0 unspecified atom stereocenters. The molecule has 0 bridgehead atoms. The molecule has 0 amide bonds. The minimum atomic E-state index is 0.764. The lowest BCUT2D eigenvalue weighted by atomic mass is 10.5. The standard InChI is InChI=1S/C11H11N3/c1-2-7-13-8-9-14(10-13)11-5-3-4-6-12-11/h2-6,8-9H,1,7H2. The fourth-order valence-corrected chi connectivity index (χ4v) is 1.22. The van der Waals surface area contributed by atoms with Gasteiger partial charge in [-0.25, -0.2) is 0 Å². The van der Waals surface area contributed by atoms with E-state index in [0.29, 0.717) is 0 Å². The van der Waals surface area contributed by atoms with Crippen LogP contribution in [0.15, 0.2) is 49.4 Å². The first-order chi connectivity index (χ1) is 6.90. The molecule has 3 heteroatoms. The monoisotopic (exact) mass is 185 g/mol. The van der Waals surface area contributed by atoms with Crippen LogP contribution in [0.5, 0.6) is 0 Å². The zero-order chi connectivity index (χ0) is 9.80. The van der Waals surface area contributed by atoms with E-state index in [1.54, 1.807) is 6.20 Å². The van der Waals surface area contributed by atoms with Crippen molar-refractivity contribution >= 4 is 0 Å². The van der Waals surface area contributed by atoms with Crippen molar-refractivity contribution in [1.29, 1.82) is 0 Å². The molecule has 0 aliphatic rings. The second kappa shape index (κ2) is 3.87. The molecule has 0 saturated carbocycles. The van der Waals surface area contributed by atoms with E-state index in [9.17, 15) is 0 Å². The van der Waals surface area contributed by atoms with Gasteiger partial charge in [-0.15, -0.1) is 0 Å². The molecule has 14 heavy (non-hydrogen) atoms. The zero-order valence-corrected chi connectivity index (χ0v) is 7.80. The Balaban J connectivity index is 2.29. The van der Waals surface area contributed by atoms with Crippen molar-refractivity contribution in [1.82, 2.24) is 9.55 Å². The highest BCUT2D eigenvalue weighted by Crippen LogP contribution is 1.99. The number of pyridine rings is 1. The van der Waals surface area contributed by atoms with Crippen LogP contribution in [0, 0.1) is 6.33 Å². The Hall–Kier alpha value is -1.90. The van der Waals surface area contributed by atoms with Gasteiger partial charge in [0.25, 0.3) is 0 Å².